The normalized spacial score (nSPS) is 12.4. The Balaban J connectivity index is 1.74. The molecule has 0 spiro atoms. The third-order valence-electron chi connectivity index (χ3n) is 4.73. The van der Waals surface area contributed by atoms with Crippen molar-refractivity contribution >= 4 is 40.6 Å². The van der Waals surface area contributed by atoms with E-state index in [0.29, 0.717) is 5.75 Å². The van der Waals surface area contributed by atoms with Gasteiger partial charge in [-0.1, -0.05) is 6.07 Å². The molecule has 3 rings (SSSR count). The van der Waals surface area contributed by atoms with Crippen molar-refractivity contribution in [2.45, 2.75) is 19.8 Å². The van der Waals surface area contributed by atoms with E-state index in [2.05, 4.69) is 5.32 Å². The predicted octanol–water partition coefficient (Wildman–Crippen LogP) is 2.48. The fourth-order valence-corrected chi connectivity index (χ4v) is 3.18. The van der Waals surface area contributed by atoms with Crippen LogP contribution in [-0.2, 0) is 19.1 Å². The zero-order valence-corrected chi connectivity index (χ0v) is 17.7. The molecule has 0 aromatic heterocycles. The molecule has 33 heavy (non-hydrogen) atoms. The van der Waals surface area contributed by atoms with Crippen molar-refractivity contribution in [3.05, 3.63) is 58.1 Å². The third-order valence-corrected chi connectivity index (χ3v) is 4.73. The molecule has 1 N–H and O–H groups in total. The topological polar surface area (TPSA) is 145 Å². The van der Waals surface area contributed by atoms with Gasteiger partial charge < -0.3 is 14.8 Å². The first-order chi connectivity index (χ1) is 15.8. The van der Waals surface area contributed by atoms with Crippen LogP contribution in [0.3, 0.4) is 0 Å². The van der Waals surface area contributed by atoms with Gasteiger partial charge in [0.05, 0.1) is 23.6 Å². The number of nitro benzene ring substituents is 1. The smallest absolute Gasteiger partial charge is 0.306 e. The molecule has 0 saturated heterocycles. The Hall–Kier alpha value is -4.28. The number of carbonyl (C=O) groups excluding carboxylic acids is 4. The van der Waals surface area contributed by atoms with E-state index in [-0.39, 0.29) is 54.5 Å². The van der Waals surface area contributed by atoms with Gasteiger partial charge >= 0.3 is 5.97 Å². The first-order valence-corrected chi connectivity index (χ1v) is 10.1. The van der Waals surface area contributed by atoms with Crippen molar-refractivity contribution in [3.8, 4) is 5.75 Å². The van der Waals surface area contributed by atoms with E-state index < -0.39 is 29.3 Å². The number of nitrogens with zero attached hydrogens (tertiary/aromatic N) is 2. The number of fused-ring (bicyclic) bond motifs is 1. The van der Waals surface area contributed by atoms with Crippen LogP contribution < -0.4 is 15.0 Å². The van der Waals surface area contributed by atoms with E-state index in [1.54, 1.807) is 6.92 Å². The highest BCUT2D eigenvalue weighted by Gasteiger charge is 2.28. The number of nitro groups is 1. The fourth-order valence-electron chi connectivity index (χ4n) is 3.18. The lowest BCUT2D eigenvalue weighted by atomic mass is 10.0. The first kappa shape index (κ1) is 23.4. The van der Waals surface area contributed by atoms with Crippen molar-refractivity contribution < 1.29 is 33.6 Å². The van der Waals surface area contributed by atoms with Crippen molar-refractivity contribution in [2.75, 3.05) is 30.0 Å². The maximum atomic E-state index is 12.5. The number of benzene rings is 2. The Morgan fingerprint density at radius 3 is 2.70 bits per heavy atom. The van der Waals surface area contributed by atoms with E-state index in [1.807, 2.05) is 0 Å². The van der Waals surface area contributed by atoms with Crippen molar-refractivity contribution in [3.63, 3.8) is 0 Å². The van der Waals surface area contributed by atoms with Gasteiger partial charge in [-0.2, -0.15) is 0 Å². The van der Waals surface area contributed by atoms with Gasteiger partial charge in [-0.05, 0) is 31.2 Å². The van der Waals surface area contributed by atoms with Gasteiger partial charge in [0.25, 0.3) is 11.6 Å². The molecule has 11 heteroatoms. The Morgan fingerprint density at radius 1 is 1.18 bits per heavy atom. The quantitative estimate of drug-likeness (QED) is 0.263. The minimum absolute atomic E-state index is 0.0697. The summed E-state index contributed by atoms with van der Waals surface area (Å²) >= 11 is 0. The Bertz CT molecular complexity index is 1110. The van der Waals surface area contributed by atoms with E-state index >= 15 is 0 Å². The minimum Gasteiger partial charge on any atom is -0.482 e. The van der Waals surface area contributed by atoms with Crippen molar-refractivity contribution in [1.29, 1.82) is 0 Å². The highest BCUT2D eigenvalue weighted by atomic mass is 16.6. The van der Waals surface area contributed by atoms with Crippen molar-refractivity contribution in [2.24, 2.45) is 0 Å². The second-order valence-corrected chi connectivity index (χ2v) is 7.03. The third kappa shape index (κ3) is 5.91. The van der Waals surface area contributed by atoms with Gasteiger partial charge in [0.15, 0.2) is 12.4 Å². The number of non-ortho nitro benzene ring substituents is 1. The number of ether oxygens (including phenoxy) is 2. The van der Waals surface area contributed by atoms with Crippen LogP contribution in [-0.4, -0.2) is 48.2 Å². The molecular formula is C22H21N3O8. The maximum absolute atomic E-state index is 12.5. The molecule has 0 fully saturated rings. The lowest BCUT2D eigenvalue weighted by Gasteiger charge is -2.29. The summed E-state index contributed by atoms with van der Waals surface area (Å²) in [6.45, 7) is 1.22. The minimum atomic E-state index is -0.587. The average molecular weight is 455 g/mol. The van der Waals surface area contributed by atoms with E-state index in [1.165, 1.54) is 47.4 Å². The molecule has 0 atom stereocenters. The summed E-state index contributed by atoms with van der Waals surface area (Å²) in [7, 11) is 0. The molecule has 0 aliphatic carbocycles. The monoisotopic (exact) mass is 455 g/mol. The van der Waals surface area contributed by atoms with Gasteiger partial charge in [0.1, 0.15) is 12.3 Å². The largest absolute Gasteiger partial charge is 0.482 e. The van der Waals surface area contributed by atoms with Crippen LogP contribution in [0, 0.1) is 10.1 Å². The van der Waals surface area contributed by atoms with Crippen molar-refractivity contribution in [1.82, 2.24) is 0 Å². The number of anilines is 2. The molecule has 172 valence electrons. The van der Waals surface area contributed by atoms with Crippen LogP contribution in [0.1, 0.15) is 30.1 Å². The van der Waals surface area contributed by atoms with Crippen LogP contribution in [0.25, 0.3) is 0 Å². The molecular weight excluding hydrogens is 434 g/mol. The predicted molar refractivity (Wildman–Crippen MR) is 116 cm³/mol. The zero-order chi connectivity index (χ0) is 24.0. The van der Waals surface area contributed by atoms with Crippen LogP contribution in [0.4, 0.5) is 17.1 Å². The van der Waals surface area contributed by atoms with E-state index in [0.717, 1.165) is 0 Å². The molecule has 2 aromatic rings. The molecule has 0 bridgehead atoms. The molecule has 2 amide bonds. The molecule has 0 saturated carbocycles. The maximum Gasteiger partial charge on any atom is 0.306 e. The molecule has 2 aromatic carbocycles. The zero-order valence-electron chi connectivity index (χ0n) is 17.7. The molecule has 0 radical (unpaired) electrons. The number of carbonyl (C=O) groups is 4. The Labute approximate surface area is 188 Å². The summed E-state index contributed by atoms with van der Waals surface area (Å²) in [5.41, 5.74) is 0.507. The molecule has 1 aliphatic rings. The Kier molecular flexibility index (Phi) is 7.34. The lowest BCUT2D eigenvalue weighted by Crippen LogP contribution is -2.43. The molecule has 1 heterocycles. The molecule has 1 aliphatic heterocycles. The SMILES string of the molecule is CCOC(=O)CCC(=O)c1ccc2c(c1)N(CC(=O)Nc1cccc([N+](=O)[O-])c1)C(=O)CO2. The summed E-state index contributed by atoms with van der Waals surface area (Å²) in [5.74, 6) is -1.57. The summed E-state index contributed by atoms with van der Waals surface area (Å²) in [4.78, 5) is 60.5. The lowest BCUT2D eigenvalue weighted by molar-refractivity contribution is -0.384. The van der Waals surface area contributed by atoms with Crippen LogP contribution >= 0.6 is 0 Å². The number of amides is 2. The van der Waals surface area contributed by atoms with Gasteiger partial charge in [-0.15, -0.1) is 0 Å². The van der Waals surface area contributed by atoms with Crippen LogP contribution in [0.2, 0.25) is 0 Å². The average Bonchev–Trinajstić information content (AvgIpc) is 2.79. The fraction of sp³-hybridized carbons (Fsp3) is 0.273. The van der Waals surface area contributed by atoms with Crippen LogP contribution in [0.15, 0.2) is 42.5 Å². The first-order valence-electron chi connectivity index (χ1n) is 10.1. The van der Waals surface area contributed by atoms with E-state index in [9.17, 15) is 29.3 Å². The molecule has 11 nitrogen and oxygen atoms in total. The van der Waals surface area contributed by atoms with Gasteiger partial charge in [0.2, 0.25) is 5.91 Å². The molecule has 0 unspecified atom stereocenters. The number of rotatable bonds is 9. The highest BCUT2D eigenvalue weighted by Crippen LogP contribution is 2.33. The highest BCUT2D eigenvalue weighted by molar-refractivity contribution is 6.06. The van der Waals surface area contributed by atoms with Gasteiger partial charge in [-0.3, -0.25) is 34.2 Å². The second-order valence-electron chi connectivity index (χ2n) is 7.03. The number of nitrogens with one attached hydrogen (secondary N) is 1. The standard InChI is InChI=1S/C22H21N3O8/c1-2-32-22(29)9-7-18(26)14-6-8-19-17(10-14)24(21(28)13-33-19)12-20(27)23-15-4-3-5-16(11-15)25(30)31/h3-6,8,10-11H,2,7,9,12-13H2,1H3,(H,23,27). The summed E-state index contributed by atoms with van der Waals surface area (Å²) < 4.78 is 10.2. The van der Waals surface area contributed by atoms with Gasteiger partial charge in [-0.25, -0.2) is 0 Å². The van der Waals surface area contributed by atoms with Gasteiger partial charge in [0, 0.05) is 29.8 Å². The number of hydrogen-bond donors (Lipinski definition) is 1. The summed E-state index contributed by atoms with van der Waals surface area (Å²) in [6.07, 6.45) is -0.145. The number of ketones is 1. The van der Waals surface area contributed by atoms with Crippen LogP contribution in [0.5, 0.6) is 5.75 Å². The number of hydrogen-bond acceptors (Lipinski definition) is 8. The van der Waals surface area contributed by atoms with E-state index in [4.69, 9.17) is 9.47 Å². The number of esters is 1. The second kappa shape index (κ2) is 10.4. The summed E-state index contributed by atoms with van der Waals surface area (Å²) in [5, 5.41) is 13.4. The summed E-state index contributed by atoms with van der Waals surface area (Å²) in [6, 6.07) is 9.87. The Morgan fingerprint density at radius 2 is 1.97 bits per heavy atom. The number of Topliss-reactive ketones (excluding diaryl/α,β-unsaturated/α-hetero) is 1.